The van der Waals surface area contributed by atoms with E-state index in [4.69, 9.17) is 4.74 Å². The van der Waals surface area contributed by atoms with Crippen molar-refractivity contribution in [2.45, 2.75) is 18.1 Å². The smallest absolute Gasteiger partial charge is 0.271 e. The molecule has 20 heavy (non-hydrogen) atoms. The van der Waals surface area contributed by atoms with Gasteiger partial charge in [-0.1, -0.05) is 6.07 Å². The molecule has 1 N–H and O–H groups in total. The van der Waals surface area contributed by atoms with Crippen molar-refractivity contribution in [1.29, 1.82) is 0 Å². The lowest BCUT2D eigenvalue weighted by molar-refractivity contribution is 0.342. The summed E-state index contributed by atoms with van der Waals surface area (Å²) in [5, 5.41) is 0. The van der Waals surface area contributed by atoms with Crippen molar-refractivity contribution in [3.63, 3.8) is 0 Å². The first kappa shape index (κ1) is 15.3. The van der Waals surface area contributed by atoms with Crippen LogP contribution < -0.4 is 9.46 Å². The molecule has 0 aliphatic carbocycles. The first-order valence-corrected chi connectivity index (χ1v) is 9.03. The Morgan fingerprint density at radius 3 is 2.65 bits per heavy atom. The van der Waals surface area contributed by atoms with Gasteiger partial charge in [-0.2, -0.15) is 0 Å². The first-order chi connectivity index (χ1) is 9.42. The fraction of sp³-hybridized carbons (Fsp3) is 0.231. The van der Waals surface area contributed by atoms with Crippen molar-refractivity contribution >= 4 is 43.0 Å². The van der Waals surface area contributed by atoms with E-state index in [-0.39, 0.29) is 4.21 Å². The van der Waals surface area contributed by atoms with Gasteiger partial charge < -0.3 is 4.74 Å². The maximum atomic E-state index is 12.3. The molecule has 4 nitrogen and oxygen atoms in total. The van der Waals surface area contributed by atoms with Crippen molar-refractivity contribution in [3.8, 4) is 5.75 Å². The van der Waals surface area contributed by atoms with Gasteiger partial charge in [0.05, 0.1) is 16.1 Å². The van der Waals surface area contributed by atoms with Gasteiger partial charge in [0.25, 0.3) is 10.0 Å². The second kappa shape index (κ2) is 6.15. The molecule has 1 aromatic carbocycles. The quantitative estimate of drug-likeness (QED) is 0.858. The average molecular weight is 376 g/mol. The number of benzene rings is 1. The molecular weight excluding hydrogens is 362 g/mol. The highest BCUT2D eigenvalue weighted by Crippen LogP contribution is 2.31. The van der Waals surface area contributed by atoms with E-state index >= 15 is 0 Å². The predicted octanol–water partition coefficient (Wildman–Crippen LogP) is 4.02. The molecule has 7 heteroatoms. The molecule has 0 radical (unpaired) electrons. The van der Waals surface area contributed by atoms with E-state index in [2.05, 4.69) is 20.7 Å². The fourth-order valence-electron chi connectivity index (χ4n) is 1.63. The number of sulfonamides is 1. The minimum Gasteiger partial charge on any atom is -0.492 e. The highest BCUT2D eigenvalue weighted by molar-refractivity contribution is 9.11. The van der Waals surface area contributed by atoms with Crippen LogP contribution in [0.3, 0.4) is 0 Å². The van der Waals surface area contributed by atoms with Gasteiger partial charge in [0.15, 0.2) is 0 Å². The molecule has 1 aromatic heterocycles. The highest BCUT2D eigenvalue weighted by atomic mass is 79.9. The Morgan fingerprint density at radius 1 is 1.30 bits per heavy atom. The van der Waals surface area contributed by atoms with Crippen LogP contribution in [0.15, 0.2) is 38.3 Å². The molecule has 0 spiro atoms. The van der Waals surface area contributed by atoms with Crippen molar-refractivity contribution in [1.82, 2.24) is 0 Å². The summed E-state index contributed by atoms with van der Waals surface area (Å²) >= 11 is 4.42. The molecule has 0 saturated carbocycles. The number of hydrogen-bond acceptors (Lipinski definition) is 4. The molecule has 108 valence electrons. The molecule has 0 amide bonds. The zero-order valence-electron chi connectivity index (χ0n) is 11.0. The van der Waals surface area contributed by atoms with Gasteiger partial charge in [-0.15, -0.1) is 11.3 Å². The standard InChI is InChI=1S/C13H14BrNO3S2/c1-3-18-11-8-9(2)4-5-10(11)15-20(16,17)13-7-6-12(14)19-13/h4-8,15H,3H2,1-2H3. The van der Waals surface area contributed by atoms with E-state index in [1.165, 1.54) is 0 Å². The minimum atomic E-state index is -3.59. The van der Waals surface area contributed by atoms with E-state index in [0.717, 1.165) is 20.7 Å². The number of thiophene rings is 1. The van der Waals surface area contributed by atoms with Gasteiger partial charge in [0, 0.05) is 0 Å². The van der Waals surface area contributed by atoms with Crippen molar-refractivity contribution in [2.24, 2.45) is 0 Å². The van der Waals surface area contributed by atoms with E-state index in [1.807, 2.05) is 26.0 Å². The average Bonchev–Trinajstić information content (AvgIpc) is 2.80. The zero-order chi connectivity index (χ0) is 14.8. The number of aryl methyl sites for hydroxylation is 1. The lowest BCUT2D eigenvalue weighted by Gasteiger charge is -2.12. The molecule has 0 unspecified atom stereocenters. The largest absolute Gasteiger partial charge is 0.492 e. The number of hydrogen-bond donors (Lipinski definition) is 1. The van der Waals surface area contributed by atoms with Crippen molar-refractivity contribution < 1.29 is 13.2 Å². The topological polar surface area (TPSA) is 55.4 Å². The van der Waals surface area contributed by atoms with Crippen LogP contribution in [0.4, 0.5) is 5.69 Å². The van der Waals surface area contributed by atoms with Crippen LogP contribution in [0.2, 0.25) is 0 Å². The van der Waals surface area contributed by atoms with Gasteiger partial charge in [0.2, 0.25) is 0 Å². The Morgan fingerprint density at radius 2 is 2.05 bits per heavy atom. The Balaban J connectivity index is 2.34. The Labute approximate surface area is 131 Å². The Kier molecular flexibility index (Phi) is 4.72. The molecule has 2 rings (SSSR count). The summed E-state index contributed by atoms with van der Waals surface area (Å²) in [5.41, 5.74) is 1.46. The fourth-order valence-corrected chi connectivity index (χ4v) is 4.71. The van der Waals surface area contributed by atoms with Crippen LogP contribution in [-0.4, -0.2) is 15.0 Å². The van der Waals surface area contributed by atoms with E-state index < -0.39 is 10.0 Å². The van der Waals surface area contributed by atoms with Crippen LogP contribution in [0, 0.1) is 6.92 Å². The highest BCUT2D eigenvalue weighted by Gasteiger charge is 2.18. The number of rotatable bonds is 5. The van der Waals surface area contributed by atoms with Crippen molar-refractivity contribution in [3.05, 3.63) is 39.7 Å². The molecule has 2 aromatic rings. The normalized spacial score (nSPS) is 11.3. The third-order valence-electron chi connectivity index (χ3n) is 2.49. The maximum absolute atomic E-state index is 12.3. The number of ether oxygens (including phenoxy) is 1. The Hall–Kier alpha value is -1.05. The monoisotopic (exact) mass is 375 g/mol. The summed E-state index contributed by atoms with van der Waals surface area (Å²) in [5.74, 6) is 0.534. The lowest BCUT2D eigenvalue weighted by Crippen LogP contribution is -2.12. The molecule has 0 bridgehead atoms. The molecular formula is C13H14BrNO3S2. The Bertz CT molecular complexity index is 710. The summed E-state index contributed by atoms with van der Waals surface area (Å²) in [6, 6.07) is 8.63. The van der Waals surface area contributed by atoms with Gasteiger partial charge in [-0.3, -0.25) is 4.72 Å². The van der Waals surface area contributed by atoms with Gasteiger partial charge in [-0.05, 0) is 59.6 Å². The maximum Gasteiger partial charge on any atom is 0.271 e. The summed E-state index contributed by atoms with van der Waals surface area (Å²) < 4.78 is 33.6. The molecule has 0 atom stereocenters. The second-order valence-corrected chi connectivity index (χ2v) is 8.47. The predicted molar refractivity (Wildman–Crippen MR) is 85.2 cm³/mol. The third-order valence-corrected chi connectivity index (χ3v) is 5.98. The summed E-state index contributed by atoms with van der Waals surface area (Å²) in [4.78, 5) is 0. The second-order valence-electron chi connectivity index (χ2n) is 4.10. The van der Waals surface area contributed by atoms with Gasteiger partial charge in [0.1, 0.15) is 9.96 Å². The number of halogens is 1. The lowest BCUT2D eigenvalue weighted by atomic mass is 10.2. The molecule has 0 saturated heterocycles. The molecule has 0 fully saturated rings. The number of anilines is 1. The minimum absolute atomic E-state index is 0.257. The third kappa shape index (κ3) is 3.53. The molecule has 0 aliphatic rings. The summed E-state index contributed by atoms with van der Waals surface area (Å²) in [6.07, 6.45) is 0. The molecule has 1 heterocycles. The van der Waals surface area contributed by atoms with E-state index in [9.17, 15) is 8.42 Å². The van der Waals surface area contributed by atoms with Crippen LogP contribution >= 0.6 is 27.3 Å². The molecule has 0 aliphatic heterocycles. The van der Waals surface area contributed by atoms with Gasteiger partial charge in [-0.25, -0.2) is 8.42 Å². The number of nitrogens with one attached hydrogen (secondary N) is 1. The van der Waals surface area contributed by atoms with Gasteiger partial charge >= 0.3 is 0 Å². The first-order valence-electron chi connectivity index (χ1n) is 5.94. The summed E-state index contributed by atoms with van der Waals surface area (Å²) in [7, 11) is -3.59. The van der Waals surface area contributed by atoms with E-state index in [0.29, 0.717) is 18.0 Å². The van der Waals surface area contributed by atoms with Crippen LogP contribution in [0.1, 0.15) is 12.5 Å². The summed E-state index contributed by atoms with van der Waals surface area (Å²) in [6.45, 7) is 4.26. The van der Waals surface area contributed by atoms with Crippen LogP contribution in [-0.2, 0) is 10.0 Å². The van der Waals surface area contributed by atoms with Crippen LogP contribution in [0.5, 0.6) is 5.75 Å². The van der Waals surface area contributed by atoms with Crippen molar-refractivity contribution in [2.75, 3.05) is 11.3 Å². The van der Waals surface area contributed by atoms with E-state index in [1.54, 1.807) is 18.2 Å². The zero-order valence-corrected chi connectivity index (χ0v) is 14.2. The SMILES string of the molecule is CCOc1cc(C)ccc1NS(=O)(=O)c1ccc(Br)s1. The van der Waals surface area contributed by atoms with Crippen LogP contribution in [0.25, 0.3) is 0 Å².